The highest BCUT2D eigenvalue weighted by atomic mass is 32.2. The molecule has 3 aromatic carbocycles. The second-order valence-corrected chi connectivity index (χ2v) is 14.3. The van der Waals surface area contributed by atoms with Crippen molar-refractivity contribution in [2.75, 3.05) is 13.1 Å². The molecule has 2 aliphatic carbocycles. The average molecular weight is 568 g/mol. The zero-order valence-corrected chi connectivity index (χ0v) is 25.4. The lowest BCUT2D eigenvalue weighted by molar-refractivity contribution is 0.330. The Kier molecular flexibility index (Phi) is 9.62. The summed E-state index contributed by atoms with van der Waals surface area (Å²) in [6.07, 6.45) is 8.71. The smallest absolute Gasteiger partial charge is 0.207 e. The number of rotatable bonds is 10. The van der Waals surface area contributed by atoms with Crippen LogP contribution in [-0.4, -0.2) is 25.8 Å². The lowest BCUT2D eigenvalue weighted by Crippen LogP contribution is -2.37. The van der Waals surface area contributed by atoms with Crippen molar-refractivity contribution in [2.24, 2.45) is 11.8 Å². The highest BCUT2D eigenvalue weighted by Gasteiger charge is 2.32. The van der Waals surface area contributed by atoms with Gasteiger partial charge in [0.25, 0.3) is 0 Å². The van der Waals surface area contributed by atoms with E-state index in [1.807, 2.05) is 19.1 Å². The Morgan fingerprint density at radius 2 is 1.02 bits per heavy atom. The van der Waals surface area contributed by atoms with Crippen LogP contribution in [-0.2, 0) is 10.0 Å². The molecular weight excluding hydrogens is 522 g/mol. The summed E-state index contributed by atoms with van der Waals surface area (Å²) in [5, 5.41) is 0. The molecule has 0 heterocycles. The molecule has 0 bridgehead atoms. The van der Waals surface area contributed by atoms with Crippen LogP contribution in [0.15, 0.2) is 114 Å². The molecule has 41 heavy (non-hydrogen) atoms. The van der Waals surface area contributed by atoms with E-state index in [9.17, 15) is 8.42 Å². The maximum absolute atomic E-state index is 14.0. The van der Waals surface area contributed by atoms with E-state index < -0.39 is 10.0 Å². The summed E-state index contributed by atoms with van der Waals surface area (Å²) in [6.45, 7) is 11.6. The van der Waals surface area contributed by atoms with E-state index in [1.165, 1.54) is 11.1 Å². The minimum absolute atomic E-state index is 0.347. The van der Waals surface area contributed by atoms with Crippen molar-refractivity contribution in [3.63, 3.8) is 0 Å². The summed E-state index contributed by atoms with van der Waals surface area (Å²) in [5.74, 6) is 1.86. The Morgan fingerprint density at radius 3 is 1.41 bits per heavy atom. The maximum Gasteiger partial charge on any atom is 0.243 e. The fraction of sp³-hybridized carbons (Fsp3) is 0.405. The van der Waals surface area contributed by atoms with E-state index in [4.69, 9.17) is 0 Å². The standard InChI is InChI=1S/C37H45NO2S/c1-28-14-24-37(25-15-28)41(39,40)38(26-29(2)31-16-20-35(21-17-31)33-10-6-4-7-11-33)27-30(3)32-18-22-36(23-19-32)34-12-8-5-9-13-34/h4-15,24-25,31-32,35-36H,2-3,16-23,26-27H2,1H3. The van der Waals surface area contributed by atoms with Crippen molar-refractivity contribution in [3.8, 4) is 0 Å². The van der Waals surface area contributed by atoms with Crippen LogP contribution in [0.1, 0.15) is 79.9 Å². The van der Waals surface area contributed by atoms with Gasteiger partial charge in [0.05, 0.1) is 4.90 Å². The van der Waals surface area contributed by atoms with Gasteiger partial charge in [-0.15, -0.1) is 0 Å². The van der Waals surface area contributed by atoms with Crippen LogP contribution in [0.5, 0.6) is 0 Å². The summed E-state index contributed by atoms with van der Waals surface area (Å²) in [4.78, 5) is 0.351. The molecule has 0 spiro atoms. The third kappa shape index (κ3) is 7.28. The van der Waals surface area contributed by atoms with Gasteiger partial charge >= 0.3 is 0 Å². The lowest BCUT2D eigenvalue weighted by atomic mass is 9.76. The predicted molar refractivity (Wildman–Crippen MR) is 170 cm³/mol. The van der Waals surface area contributed by atoms with Crippen molar-refractivity contribution in [1.29, 1.82) is 0 Å². The molecule has 2 aliphatic rings. The van der Waals surface area contributed by atoms with Crippen molar-refractivity contribution >= 4 is 10.0 Å². The Balaban J connectivity index is 1.26. The van der Waals surface area contributed by atoms with Gasteiger partial charge in [0.1, 0.15) is 0 Å². The molecule has 2 fully saturated rings. The molecule has 4 heteroatoms. The molecule has 0 amide bonds. The molecule has 0 aromatic heterocycles. The summed E-state index contributed by atoms with van der Waals surface area (Å²) >= 11 is 0. The maximum atomic E-state index is 14.0. The van der Waals surface area contributed by atoms with Crippen LogP contribution in [0.4, 0.5) is 0 Å². The first-order valence-electron chi connectivity index (χ1n) is 15.3. The zero-order valence-electron chi connectivity index (χ0n) is 24.5. The first-order chi connectivity index (χ1) is 19.8. The minimum Gasteiger partial charge on any atom is -0.207 e. The van der Waals surface area contributed by atoms with Gasteiger partial charge in [-0.05, 0) is 105 Å². The Labute approximate surface area is 248 Å². The van der Waals surface area contributed by atoms with E-state index in [0.29, 0.717) is 41.7 Å². The molecule has 3 nitrogen and oxygen atoms in total. The van der Waals surface area contributed by atoms with E-state index in [1.54, 1.807) is 16.4 Å². The average Bonchev–Trinajstić information content (AvgIpc) is 3.02. The summed E-state index contributed by atoms with van der Waals surface area (Å²) in [5.41, 5.74) is 5.95. The Hall–Kier alpha value is -2.95. The van der Waals surface area contributed by atoms with Crippen molar-refractivity contribution in [3.05, 3.63) is 126 Å². The Morgan fingerprint density at radius 1 is 0.634 bits per heavy atom. The first kappa shape index (κ1) is 29.5. The monoisotopic (exact) mass is 567 g/mol. The van der Waals surface area contributed by atoms with Gasteiger partial charge in [0.15, 0.2) is 0 Å². The van der Waals surface area contributed by atoms with Crippen molar-refractivity contribution < 1.29 is 8.42 Å². The molecule has 0 saturated heterocycles. The van der Waals surface area contributed by atoms with Gasteiger partial charge in [-0.1, -0.05) is 103 Å². The molecule has 0 aliphatic heterocycles. The van der Waals surface area contributed by atoms with Crippen LogP contribution in [0.25, 0.3) is 0 Å². The highest BCUT2D eigenvalue weighted by Crippen LogP contribution is 2.40. The Bertz CT molecular complexity index is 1320. The van der Waals surface area contributed by atoms with Crippen molar-refractivity contribution in [1.82, 2.24) is 4.31 Å². The molecule has 216 valence electrons. The molecule has 3 aromatic rings. The normalized spacial score (nSPS) is 23.3. The summed E-state index contributed by atoms with van der Waals surface area (Å²) in [7, 11) is -3.68. The summed E-state index contributed by atoms with van der Waals surface area (Å²) in [6, 6.07) is 28.8. The zero-order chi connectivity index (χ0) is 28.8. The van der Waals surface area contributed by atoms with Crippen molar-refractivity contribution in [2.45, 2.75) is 75.0 Å². The van der Waals surface area contributed by atoms with E-state index >= 15 is 0 Å². The topological polar surface area (TPSA) is 37.4 Å². The van der Waals surface area contributed by atoms with Crippen LogP contribution < -0.4 is 0 Å². The molecule has 0 N–H and O–H groups in total. The first-order valence-corrected chi connectivity index (χ1v) is 16.8. The third-order valence-corrected chi connectivity index (χ3v) is 11.4. The number of nitrogens with zero attached hydrogens (tertiary/aromatic N) is 1. The largest absolute Gasteiger partial charge is 0.243 e. The van der Waals surface area contributed by atoms with Crippen LogP contribution in [0, 0.1) is 18.8 Å². The lowest BCUT2D eigenvalue weighted by Gasteiger charge is -2.34. The van der Waals surface area contributed by atoms with E-state index in [0.717, 1.165) is 68.1 Å². The molecule has 0 radical (unpaired) electrons. The predicted octanol–water partition coefficient (Wildman–Crippen LogP) is 9.05. The number of hydrogen-bond acceptors (Lipinski definition) is 2. The molecule has 0 unspecified atom stereocenters. The summed E-state index contributed by atoms with van der Waals surface area (Å²) < 4.78 is 29.7. The molecule has 2 saturated carbocycles. The number of sulfonamides is 1. The van der Waals surface area contributed by atoms with Gasteiger partial charge in [-0.3, -0.25) is 0 Å². The number of benzene rings is 3. The quantitative estimate of drug-likeness (QED) is 0.229. The van der Waals surface area contributed by atoms with Gasteiger partial charge in [0.2, 0.25) is 10.0 Å². The van der Waals surface area contributed by atoms with Gasteiger partial charge < -0.3 is 0 Å². The van der Waals surface area contributed by atoms with Gasteiger partial charge in [-0.2, -0.15) is 4.31 Å². The molecule has 0 atom stereocenters. The van der Waals surface area contributed by atoms with Gasteiger partial charge in [0, 0.05) is 13.1 Å². The van der Waals surface area contributed by atoms with E-state index in [-0.39, 0.29) is 0 Å². The van der Waals surface area contributed by atoms with Crippen LogP contribution in [0.3, 0.4) is 0 Å². The molecule has 5 rings (SSSR count). The second-order valence-electron chi connectivity index (χ2n) is 12.3. The van der Waals surface area contributed by atoms with E-state index in [2.05, 4.69) is 73.8 Å². The van der Waals surface area contributed by atoms with Crippen LogP contribution in [0.2, 0.25) is 0 Å². The fourth-order valence-corrected chi connectivity index (χ4v) is 8.37. The highest BCUT2D eigenvalue weighted by molar-refractivity contribution is 7.89. The van der Waals surface area contributed by atoms with Gasteiger partial charge in [-0.25, -0.2) is 8.42 Å². The minimum atomic E-state index is -3.68. The van der Waals surface area contributed by atoms with Crippen LogP contribution >= 0.6 is 0 Å². The SMILES string of the molecule is C=C(CN(CC(=C)C1CCC(c2ccccc2)CC1)S(=O)(=O)c1ccc(C)cc1)C1CCC(c2ccccc2)CC1. The third-order valence-electron chi connectivity index (χ3n) is 9.57. The second kappa shape index (κ2) is 13.4. The molecular formula is C37H45NO2S. The fourth-order valence-electron chi connectivity index (χ4n) is 6.92. The number of aryl methyl sites for hydroxylation is 1. The number of hydrogen-bond donors (Lipinski definition) is 0.